The van der Waals surface area contributed by atoms with Gasteiger partial charge in [0.1, 0.15) is 0 Å². The molecule has 0 aliphatic carbocycles. The molecule has 0 atom stereocenters. The molecule has 0 aliphatic heterocycles. The van der Waals surface area contributed by atoms with Crippen LogP contribution in [-0.4, -0.2) is 0 Å². The van der Waals surface area contributed by atoms with E-state index in [0.29, 0.717) is 0 Å². The van der Waals surface area contributed by atoms with Crippen molar-refractivity contribution in [3.05, 3.63) is 0 Å². The van der Waals surface area contributed by atoms with Crippen molar-refractivity contribution in [2.45, 2.75) is 0 Å². The SMILES string of the molecule is [Cu+2].[Cu+2].[O-2].[O]=[Ti]([O-])[O-]. The van der Waals surface area contributed by atoms with Crippen LogP contribution in [0.15, 0.2) is 0 Å². The van der Waals surface area contributed by atoms with Crippen LogP contribution in [0, 0.1) is 0 Å². The second kappa shape index (κ2) is 15.7. The van der Waals surface area contributed by atoms with Gasteiger partial charge in [-0.1, -0.05) is 0 Å². The molecule has 2 radical (unpaired) electrons. The summed E-state index contributed by atoms with van der Waals surface area (Å²) in [6.07, 6.45) is 0. The quantitative estimate of drug-likeness (QED) is 0.433. The van der Waals surface area contributed by atoms with Crippen molar-refractivity contribution in [1.29, 1.82) is 0 Å². The van der Waals surface area contributed by atoms with Gasteiger partial charge in [-0.15, -0.1) is 0 Å². The molecule has 0 aromatic rings. The Morgan fingerprint density at radius 2 is 1.14 bits per heavy atom. The van der Waals surface area contributed by atoms with E-state index in [1.165, 1.54) is 0 Å². The molecular weight excluding hydrogens is 239 g/mol. The second-order valence-electron chi connectivity index (χ2n) is 0.250. The van der Waals surface area contributed by atoms with Gasteiger partial charge in [-0.3, -0.25) is 0 Å². The van der Waals surface area contributed by atoms with Crippen molar-refractivity contribution in [2.24, 2.45) is 0 Å². The zero-order valence-corrected chi connectivity index (χ0v) is 6.18. The molecule has 0 saturated heterocycles. The van der Waals surface area contributed by atoms with Crippen LogP contribution in [0.2, 0.25) is 0 Å². The summed E-state index contributed by atoms with van der Waals surface area (Å²) in [6.45, 7) is 0. The van der Waals surface area contributed by atoms with Gasteiger partial charge in [0.05, 0.1) is 0 Å². The Morgan fingerprint density at radius 3 is 1.14 bits per heavy atom. The van der Waals surface area contributed by atoms with Gasteiger partial charge >= 0.3 is 63.5 Å². The van der Waals surface area contributed by atoms with E-state index in [9.17, 15) is 0 Å². The van der Waals surface area contributed by atoms with Crippen LogP contribution in [0.5, 0.6) is 0 Å². The number of hydrogen-bond donors (Lipinski definition) is 0. The fourth-order valence-electron chi connectivity index (χ4n) is 0. The van der Waals surface area contributed by atoms with E-state index >= 15 is 0 Å². The van der Waals surface area contributed by atoms with Crippen LogP contribution in [0.3, 0.4) is 0 Å². The second-order valence-corrected chi connectivity index (χ2v) is 1.03. The molecule has 0 spiro atoms. The minimum atomic E-state index is -4.08. The summed E-state index contributed by atoms with van der Waals surface area (Å²) >= 11 is -4.08. The van der Waals surface area contributed by atoms with Gasteiger partial charge in [-0.05, 0) is 0 Å². The maximum atomic E-state index is 8.58. The molecule has 0 amide bonds. The summed E-state index contributed by atoms with van der Waals surface area (Å²) < 4.78 is 25.8. The van der Waals surface area contributed by atoms with Gasteiger partial charge in [0.25, 0.3) is 0 Å². The van der Waals surface area contributed by atoms with Crippen LogP contribution in [0.4, 0.5) is 0 Å². The van der Waals surface area contributed by atoms with E-state index in [1.807, 2.05) is 0 Å². The first-order valence-corrected chi connectivity index (χ1v) is 2.52. The first kappa shape index (κ1) is 23.7. The molecule has 0 unspecified atom stereocenters. The molecule has 0 aromatic heterocycles. The van der Waals surface area contributed by atoms with Crippen LogP contribution < -0.4 is 7.38 Å². The zero-order valence-electron chi connectivity index (χ0n) is 2.74. The molecule has 0 N–H and O–H groups in total. The molecule has 7 heavy (non-hydrogen) atoms. The van der Waals surface area contributed by atoms with E-state index in [-0.39, 0.29) is 39.6 Å². The Hall–Kier alpha value is 1.43. The van der Waals surface area contributed by atoms with Crippen LogP contribution in [0.25, 0.3) is 0 Å². The first-order chi connectivity index (χ1) is 1.73. The molecule has 50 valence electrons. The molecule has 4 nitrogen and oxygen atoms in total. The van der Waals surface area contributed by atoms with E-state index in [1.54, 1.807) is 0 Å². The Bertz CT molecular complexity index is 32.7. The monoisotopic (exact) mass is 238 g/mol. The predicted octanol–water partition coefficient (Wildman–Crippen LogP) is -2.62. The van der Waals surface area contributed by atoms with Gasteiger partial charge < -0.3 is 5.48 Å². The van der Waals surface area contributed by atoms with E-state index < -0.39 is 18.6 Å². The van der Waals surface area contributed by atoms with Crippen molar-refractivity contribution in [3.8, 4) is 0 Å². The molecule has 0 bridgehead atoms. The van der Waals surface area contributed by atoms with Crippen LogP contribution >= 0.6 is 0 Å². The van der Waals surface area contributed by atoms with Crippen molar-refractivity contribution in [1.82, 2.24) is 0 Å². The third-order valence-corrected chi connectivity index (χ3v) is 0. The van der Waals surface area contributed by atoms with Crippen LogP contribution in [-0.2, 0) is 61.6 Å². The van der Waals surface area contributed by atoms with Crippen molar-refractivity contribution in [3.63, 3.8) is 0 Å². The molecule has 0 aromatic carbocycles. The normalized spacial score (nSPS) is 3.71. The molecule has 0 fully saturated rings. The average Bonchev–Trinajstić information content (AvgIpc) is 0.811. The summed E-state index contributed by atoms with van der Waals surface area (Å²) in [5.74, 6) is 0. The summed E-state index contributed by atoms with van der Waals surface area (Å²) in [6, 6.07) is 0. The summed E-state index contributed by atoms with van der Waals surface area (Å²) in [7, 11) is 0. The van der Waals surface area contributed by atoms with Gasteiger partial charge in [0, 0.05) is 0 Å². The summed E-state index contributed by atoms with van der Waals surface area (Å²) in [4.78, 5) is 0. The fraction of sp³-hybridized carbons (Fsp3) is 0. The average molecular weight is 239 g/mol. The Kier molecular flexibility index (Phi) is 53.0. The van der Waals surface area contributed by atoms with Crippen molar-refractivity contribution >= 4 is 0 Å². The molecule has 0 aliphatic rings. The predicted molar refractivity (Wildman–Crippen MR) is 1.37 cm³/mol. The Labute approximate surface area is 68.7 Å². The molecule has 0 saturated carbocycles. The zero-order chi connectivity index (χ0) is 3.58. The standard InChI is InChI=1S/2Cu.4O.Ti/q2*+2;;-2;2*-1;. The van der Waals surface area contributed by atoms with Gasteiger partial charge in [-0.25, -0.2) is 0 Å². The van der Waals surface area contributed by atoms with Crippen molar-refractivity contribution < 1.29 is 68.9 Å². The third kappa shape index (κ3) is 107. The van der Waals surface area contributed by atoms with Crippen molar-refractivity contribution in [2.75, 3.05) is 0 Å². The fourth-order valence-corrected chi connectivity index (χ4v) is 0. The number of rotatable bonds is 0. The molecule has 7 heteroatoms. The van der Waals surface area contributed by atoms with Gasteiger partial charge in [0.15, 0.2) is 0 Å². The number of hydrogen-bond acceptors (Lipinski definition) is 3. The summed E-state index contributed by atoms with van der Waals surface area (Å²) in [5.41, 5.74) is 0. The van der Waals surface area contributed by atoms with Crippen LogP contribution in [0.1, 0.15) is 0 Å². The summed E-state index contributed by atoms with van der Waals surface area (Å²) in [5, 5.41) is 0. The maximum absolute atomic E-state index is 8.58. The molecule has 0 heterocycles. The minimum absolute atomic E-state index is 0. The van der Waals surface area contributed by atoms with E-state index in [4.69, 9.17) is 10.7 Å². The third-order valence-electron chi connectivity index (χ3n) is 0. The van der Waals surface area contributed by atoms with E-state index in [2.05, 4.69) is 0 Å². The first-order valence-electron chi connectivity index (χ1n) is 0.612. The topological polar surface area (TPSA) is 91.7 Å². The van der Waals surface area contributed by atoms with E-state index in [0.717, 1.165) is 0 Å². The van der Waals surface area contributed by atoms with Gasteiger partial charge in [-0.2, -0.15) is 0 Å². The van der Waals surface area contributed by atoms with Gasteiger partial charge in [0.2, 0.25) is 0 Å². The Balaban J connectivity index is -0.0000000150. The molecule has 0 rings (SSSR count). The molecular formula is Cu2O4Ti. The Morgan fingerprint density at radius 1 is 1.14 bits per heavy atom.